The number of ether oxygens (including phenoxy) is 1. The number of piperidine rings is 1. The minimum Gasteiger partial charge on any atom is -0.493 e. The van der Waals surface area contributed by atoms with Crippen LogP contribution < -0.4 is 10.2 Å². The first-order valence-electron chi connectivity index (χ1n) is 10.7. The average Bonchev–Trinajstić information content (AvgIpc) is 2.77. The van der Waals surface area contributed by atoms with Crippen LogP contribution in [-0.4, -0.2) is 36.9 Å². The summed E-state index contributed by atoms with van der Waals surface area (Å²) in [5, 5.41) is 0.552. The van der Waals surface area contributed by atoms with E-state index >= 15 is 0 Å². The predicted octanol–water partition coefficient (Wildman–Crippen LogP) is 5.03. The van der Waals surface area contributed by atoms with Gasteiger partial charge < -0.3 is 14.1 Å². The Hall–Kier alpha value is -2.70. The molecule has 0 atom stereocenters. The molecule has 0 aliphatic carbocycles. The second-order valence-corrected chi connectivity index (χ2v) is 8.07. The Bertz CT molecular complexity index is 1120. The van der Waals surface area contributed by atoms with Crippen LogP contribution >= 0.6 is 12.4 Å². The van der Waals surface area contributed by atoms with Crippen LogP contribution in [0.15, 0.2) is 57.7 Å². The second kappa shape index (κ2) is 10.7. The van der Waals surface area contributed by atoms with Crippen molar-refractivity contribution in [2.45, 2.75) is 26.2 Å². The molecule has 1 aliphatic rings. The Labute approximate surface area is 192 Å². The molecule has 1 aliphatic heterocycles. The molecule has 0 radical (unpaired) electrons. The number of likely N-dealkylation sites (tertiary alicyclic amines) is 1. The number of halogens is 2. The van der Waals surface area contributed by atoms with E-state index in [2.05, 4.69) is 4.90 Å². The van der Waals surface area contributed by atoms with Gasteiger partial charge in [0.05, 0.1) is 12.0 Å². The number of Topliss-reactive ketones (excluding diaryl/α,β-unsaturated/α-hetero) is 1. The van der Waals surface area contributed by atoms with Crippen molar-refractivity contribution in [3.05, 3.63) is 75.9 Å². The van der Waals surface area contributed by atoms with Crippen molar-refractivity contribution in [2.75, 3.05) is 26.2 Å². The van der Waals surface area contributed by atoms with Crippen LogP contribution in [0.25, 0.3) is 11.0 Å². The molecule has 1 aromatic heterocycles. The molecule has 7 heteroatoms. The van der Waals surface area contributed by atoms with Crippen LogP contribution in [0.4, 0.5) is 4.39 Å². The first kappa shape index (κ1) is 24.0. The molecule has 4 rings (SSSR count). The third-order valence-corrected chi connectivity index (χ3v) is 5.80. The van der Waals surface area contributed by atoms with E-state index in [-0.39, 0.29) is 35.4 Å². The van der Waals surface area contributed by atoms with E-state index < -0.39 is 0 Å². The van der Waals surface area contributed by atoms with Crippen LogP contribution in [0.1, 0.15) is 35.4 Å². The van der Waals surface area contributed by atoms with Crippen LogP contribution in [0.3, 0.4) is 0 Å². The number of carbonyl (C=O) groups is 1. The normalized spacial score (nSPS) is 14.8. The van der Waals surface area contributed by atoms with Crippen molar-refractivity contribution in [3.8, 4) is 5.75 Å². The van der Waals surface area contributed by atoms with Gasteiger partial charge in [-0.25, -0.2) is 4.39 Å². The molecule has 32 heavy (non-hydrogen) atoms. The van der Waals surface area contributed by atoms with Crippen molar-refractivity contribution in [1.82, 2.24) is 4.90 Å². The van der Waals surface area contributed by atoms with E-state index in [9.17, 15) is 14.0 Å². The molecule has 0 spiro atoms. The van der Waals surface area contributed by atoms with Gasteiger partial charge in [0.2, 0.25) is 0 Å². The average molecular weight is 460 g/mol. The Morgan fingerprint density at radius 3 is 2.56 bits per heavy atom. The lowest BCUT2D eigenvalue weighted by Crippen LogP contribution is -2.37. The highest BCUT2D eigenvalue weighted by Crippen LogP contribution is 2.23. The van der Waals surface area contributed by atoms with Gasteiger partial charge in [-0.05, 0) is 75.7 Å². The highest BCUT2D eigenvalue weighted by Gasteiger charge is 2.25. The minimum absolute atomic E-state index is 0. The van der Waals surface area contributed by atoms with Gasteiger partial charge in [-0.1, -0.05) is 0 Å². The second-order valence-electron chi connectivity index (χ2n) is 8.07. The molecule has 1 fully saturated rings. The molecule has 2 heterocycles. The monoisotopic (exact) mass is 459 g/mol. The zero-order chi connectivity index (χ0) is 21.8. The number of ketones is 1. The molecule has 2 aromatic carbocycles. The third kappa shape index (κ3) is 5.75. The molecule has 1 saturated heterocycles. The van der Waals surface area contributed by atoms with E-state index in [0.717, 1.165) is 38.9 Å². The number of fused-ring (bicyclic) bond motifs is 1. The zero-order valence-corrected chi connectivity index (χ0v) is 18.8. The summed E-state index contributed by atoms with van der Waals surface area (Å²) in [4.78, 5) is 26.9. The Morgan fingerprint density at radius 2 is 1.84 bits per heavy atom. The summed E-state index contributed by atoms with van der Waals surface area (Å²) in [5.41, 5.74) is 1.08. The van der Waals surface area contributed by atoms with E-state index in [0.29, 0.717) is 34.6 Å². The number of hydrogen-bond acceptors (Lipinski definition) is 5. The zero-order valence-electron chi connectivity index (χ0n) is 18.0. The van der Waals surface area contributed by atoms with Crippen molar-refractivity contribution in [3.63, 3.8) is 0 Å². The number of hydrogen-bond donors (Lipinski definition) is 0. The summed E-state index contributed by atoms with van der Waals surface area (Å²) in [6.07, 6.45) is 2.51. The number of nitrogens with zero attached hydrogens (tertiary/aromatic N) is 1. The maximum absolute atomic E-state index is 13.1. The molecular formula is C25H27ClFNO4. The maximum Gasteiger partial charge on any atom is 0.192 e. The standard InChI is InChI=1S/C25H26FNO4.ClH/c1-17-15-23(28)22-8-7-21(16-24(22)31-17)30-14-2-11-27-12-9-19(10-13-27)25(29)18-3-5-20(26)6-4-18;/h3-8,15-16,19H,2,9-14H2,1H3;1H. The highest BCUT2D eigenvalue weighted by molar-refractivity contribution is 5.97. The van der Waals surface area contributed by atoms with E-state index in [1.54, 1.807) is 37.3 Å². The van der Waals surface area contributed by atoms with Crippen LogP contribution in [-0.2, 0) is 0 Å². The quantitative estimate of drug-likeness (QED) is 0.366. The smallest absolute Gasteiger partial charge is 0.192 e. The van der Waals surface area contributed by atoms with Gasteiger partial charge in [0.25, 0.3) is 0 Å². The lowest BCUT2D eigenvalue weighted by Gasteiger charge is -2.31. The van der Waals surface area contributed by atoms with Crippen LogP contribution in [0.5, 0.6) is 5.75 Å². The van der Waals surface area contributed by atoms with E-state index in [4.69, 9.17) is 9.15 Å². The molecule has 0 amide bonds. The molecule has 0 saturated carbocycles. The highest BCUT2D eigenvalue weighted by atomic mass is 35.5. The van der Waals surface area contributed by atoms with Gasteiger partial charge >= 0.3 is 0 Å². The van der Waals surface area contributed by atoms with Gasteiger partial charge in [-0.15, -0.1) is 12.4 Å². The summed E-state index contributed by atoms with van der Waals surface area (Å²) < 4.78 is 24.5. The molecule has 3 aromatic rings. The number of benzene rings is 2. The molecular weight excluding hydrogens is 433 g/mol. The Kier molecular flexibility index (Phi) is 8.04. The topological polar surface area (TPSA) is 59.8 Å². The number of carbonyl (C=O) groups excluding carboxylic acids is 1. The van der Waals surface area contributed by atoms with Gasteiger partial charge in [0.1, 0.15) is 22.9 Å². The lowest BCUT2D eigenvalue weighted by atomic mass is 9.89. The first-order chi connectivity index (χ1) is 15.0. The minimum atomic E-state index is -0.322. The predicted molar refractivity (Wildman–Crippen MR) is 124 cm³/mol. The lowest BCUT2D eigenvalue weighted by molar-refractivity contribution is 0.0835. The van der Waals surface area contributed by atoms with Crippen molar-refractivity contribution in [1.29, 1.82) is 0 Å². The fourth-order valence-corrected chi connectivity index (χ4v) is 4.09. The maximum atomic E-state index is 13.1. The summed E-state index contributed by atoms with van der Waals surface area (Å²) in [6.45, 7) is 4.97. The van der Waals surface area contributed by atoms with Gasteiger partial charge in [0, 0.05) is 30.2 Å². The largest absolute Gasteiger partial charge is 0.493 e. The molecule has 0 unspecified atom stereocenters. The molecule has 5 nitrogen and oxygen atoms in total. The van der Waals surface area contributed by atoms with Gasteiger partial charge in [-0.3, -0.25) is 9.59 Å². The van der Waals surface area contributed by atoms with Crippen molar-refractivity contribution in [2.24, 2.45) is 5.92 Å². The first-order valence-corrected chi connectivity index (χ1v) is 10.7. The van der Waals surface area contributed by atoms with Crippen molar-refractivity contribution >= 4 is 29.2 Å². The molecule has 0 bridgehead atoms. The molecule has 0 N–H and O–H groups in total. The van der Waals surface area contributed by atoms with Crippen molar-refractivity contribution < 1.29 is 18.3 Å². The van der Waals surface area contributed by atoms with Gasteiger partial charge in [0.15, 0.2) is 11.2 Å². The fourth-order valence-electron chi connectivity index (χ4n) is 4.09. The summed E-state index contributed by atoms with van der Waals surface area (Å²) in [7, 11) is 0. The third-order valence-electron chi connectivity index (χ3n) is 5.80. The number of aryl methyl sites for hydroxylation is 1. The summed E-state index contributed by atoms with van der Waals surface area (Å²) in [6, 6.07) is 12.6. The summed E-state index contributed by atoms with van der Waals surface area (Å²) >= 11 is 0. The fraction of sp³-hybridized carbons (Fsp3) is 0.360. The van der Waals surface area contributed by atoms with E-state index in [1.807, 2.05) is 0 Å². The summed E-state index contributed by atoms with van der Waals surface area (Å²) in [5.74, 6) is 1.06. The van der Waals surface area contributed by atoms with E-state index in [1.165, 1.54) is 18.2 Å². The number of rotatable bonds is 7. The Morgan fingerprint density at radius 1 is 1.12 bits per heavy atom. The molecule has 170 valence electrons. The Balaban J connectivity index is 0.00000289. The SMILES string of the molecule is Cc1cc(=O)c2ccc(OCCCN3CCC(C(=O)c4ccc(F)cc4)CC3)cc2o1.Cl. The van der Waals surface area contributed by atoms with Crippen LogP contribution in [0, 0.1) is 18.7 Å². The van der Waals surface area contributed by atoms with Crippen LogP contribution in [0.2, 0.25) is 0 Å². The van der Waals surface area contributed by atoms with Gasteiger partial charge in [-0.2, -0.15) is 0 Å².